The summed E-state index contributed by atoms with van der Waals surface area (Å²) in [6, 6.07) is 0. The summed E-state index contributed by atoms with van der Waals surface area (Å²) in [5.74, 6) is 0. The molecule has 0 aromatic carbocycles. The van der Waals surface area contributed by atoms with Crippen molar-refractivity contribution in [3.8, 4) is 0 Å². The second kappa shape index (κ2) is 1.98. The molecule has 4 bridgehead atoms. The third-order valence-electron chi connectivity index (χ3n) is 2.28. The SMILES string of the molecule is C1C2CC3CC1O[As](O2)O3. The summed E-state index contributed by atoms with van der Waals surface area (Å²) in [6.45, 7) is 0. The Morgan fingerprint density at radius 3 is 1.50 bits per heavy atom. The van der Waals surface area contributed by atoms with Gasteiger partial charge in [-0.15, -0.1) is 0 Å². The first kappa shape index (κ1) is 6.01. The maximum atomic E-state index is 5.52. The van der Waals surface area contributed by atoms with Gasteiger partial charge in [-0.3, -0.25) is 0 Å². The van der Waals surface area contributed by atoms with E-state index in [1.165, 1.54) is 0 Å². The van der Waals surface area contributed by atoms with Gasteiger partial charge in [0.15, 0.2) is 0 Å². The molecular formula is C6H9AsO3. The van der Waals surface area contributed by atoms with Gasteiger partial charge in [0, 0.05) is 0 Å². The second-order valence-electron chi connectivity index (χ2n) is 3.11. The fraction of sp³-hybridized carbons (Fsp3) is 1.00. The molecule has 1 aliphatic carbocycles. The minimum absolute atomic E-state index is 0.492. The molecule has 0 aromatic heterocycles. The van der Waals surface area contributed by atoms with Gasteiger partial charge in [-0.25, -0.2) is 0 Å². The van der Waals surface area contributed by atoms with Crippen LogP contribution in [0.3, 0.4) is 0 Å². The molecule has 0 N–H and O–H groups in total. The summed E-state index contributed by atoms with van der Waals surface area (Å²) < 4.78 is 16.6. The van der Waals surface area contributed by atoms with Gasteiger partial charge in [0.05, 0.1) is 0 Å². The van der Waals surface area contributed by atoms with Gasteiger partial charge in [-0.05, 0) is 0 Å². The van der Waals surface area contributed by atoms with E-state index in [1.807, 2.05) is 0 Å². The molecule has 1 saturated carbocycles. The van der Waals surface area contributed by atoms with Crippen LogP contribution < -0.4 is 0 Å². The molecule has 0 atom stereocenters. The molecular weight excluding hydrogens is 195 g/mol. The van der Waals surface area contributed by atoms with Gasteiger partial charge >= 0.3 is 64.4 Å². The van der Waals surface area contributed by atoms with Crippen molar-refractivity contribution in [3.05, 3.63) is 0 Å². The Labute approximate surface area is 65.0 Å². The van der Waals surface area contributed by atoms with Crippen LogP contribution in [0.4, 0.5) is 0 Å². The average molecular weight is 204 g/mol. The van der Waals surface area contributed by atoms with Crippen molar-refractivity contribution in [2.24, 2.45) is 0 Å². The van der Waals surface area contributed by atoms with Crippen LogP contribution in [0.5, 0.6) is 0 Å². The molecule has 3 aliphatic heterocycles. The Morgan fingerprint density at radius 2 is 1.20 bits per heavy atom. The van der Waals surface area contributed by atoms with Gasteiger partial charge in [-0.2, -0.15) is 0 Å². The van der Waals surface area contributed by atoms with E-state index in [0.717, 1.165) is 19.3 Å². The van der Waals surface area contributed by atoms with Crippen molar-refractivity contribution >= 4 is 15.7 Å². The van der Waals surface area contributed by atoms with Crippen LogP contribution in [0.2, 0.25) is 0 Å². The molecule has 56 valence electrons. The molecule has 3 heterocycles. The number of rotatable bonds is 0. The molecule has 0 radical (unpaired) electrons. The Hall–Kier alpha value is 0.438. The molecule has 0 amide bonds. The first-order valence-corrected chi connectivity index (χ1v) is 6.00. The molecule has 3 nitrogen and oxygen atoms in total. The van der Waals surface area contributed by atoms with E-state index in [-0.39, 0.29) is 0 Å². The molecule has 4 fully saturated rings. The van der Waals surface area contributed by atoms with Crippen LogP contribution in [0.25, 0.3) is 0 Å². The van der Waals surface area contributed by atoms with Crippen molar-refractivity contribution < 1.29 is 11.2 Å². The first-order chi connectivity index (χ1) is 4.90. The van der Waals surface area contributed by atoms with E-state index in [4.69, 9.17) is 11.2 Å². The maximum absolute atomic E-state index is 5.52. The van der Waals surface area contributed by atoms with Crippen LogP contribution in [0.1, 0.15) is 19.3 Å². The summed E-state index contributed by atoms with van der Waals surface area (Å²) in [5, 5.41) is 0. The summed E-state index contributed by atoms with van der Waals surface area (Å²) in [6.07, 6.45) is 4.82. The summed E-state index contributed by atoms with van der Waals surface area (Å²) in [5.41, 5.74) is 0. The molecule has 4 rings (SSSR count). The van der Waals surface area contributed by atoms with Crippen molar-refractivity contribution in [1.29, 1.82) is 0 Å². The van der Waals surface area contributed by atoms with E-state index in [9.17, 15) is 0 Å². The summed E-state index contributed by atoms with van der Waals surface area (Å²) in [4.78, 5) is 0. The molecule has 10 heavy (non-hydrogen) atoms. The zero-order valence-corrected chi connectivity index (χ0v) is 7.40. The van der Waals surface area contributed by atoms with Gasteiger partial charge in [-0.1, -0.05) is 0 Å². The molecule has 4 heteroatoms. The molecule has 0 spiro atoms. The molecule has 0 unspecified atom stereocenters. The van der Waals surface area contributed by atoms with Crippen LogP contribution >= 0.6 is 0 Å². The fourth-order valence-corrected chi connectivity index (χ4v) is 4.79. The zero-order chi connectivity index (χ0) is 6.55. The Balaban J connectivity index is 1.90. The fourth-order valence-electron chi connectivity index (χ4n) is 1.87. The monoisotopic (exact) mass is 204 g/mol. The van der Waals surface area contributed by atoms with E-state index in [1.54, 1.807) is 0 Å². The number of hydrogen-bond acceptors (Lipinski definition) is 3. The Kier molecular flexibility index (Phi) is 1.19. The third kappa shape index (κ3) is 0.782. The number of hydrogen-bond donors (Lipinski definition) is 0. The van der Waals surface area contributed by atoms with E-state index < -0.39 is 15.7 Å². The standard InChI is InChI=1S/C6H9AsO3/c1-4-2-6-3-5(1)9-7(8-4)10-6/h4-6H,1-3H2. The predicted octanol–water partition coefficient (Wildman–Crippen LogP) is 0.338. The third-order valence-corrected chi connectivity index (χ3v) is 5.24. The van der Waals surface area contributed by atoms with Crippen molar-refractivity contribution in [2.75, 3.05) is 0 Å². The topological polar surface area (TPSA) is 27.7 Å². The van der Waals surface area contributed by atoms with E-state index >= 15 is 0 Å². The van der Waals surface area contributed by atoms with Gasteiger partial charge < -0.3 is 0 Å². The predicted molar refractivity (Wildman–Crippen MR) is 34.2 cm³/mol. The van der Waals surface area contributed by atoms with Crippen LogP contribution in [-0.2, 0) is 11.2 Å². The summed E-state index contributed by atoms with van der Waals surface area (Å²) >= 11 is -1.65. The van der Waals surface area contributed by atoms with Crippen molar-refractivity contribution in [1.82, 2.24) is 0 Å². The average Bonchev–Trinajstić information content (AvgIpc) is 1.82. The van der Waals surface area contributed by atoms with E-state index in [0.29, 0.717) is 18.3 Å². The summed E-state index contributed by atoms with van der Waals surface area (Å²) in [7, 11) is 0. The molecule has 0 aromatic rings. The van der Waals surface area contributed by atoms with Crippen LogP contribution in [0.15, 0.2) is 0 Å². The molecule has 3 saturated heterocycles. The molecule has 4 aliphatic rings. The minimum atomic E-state index is -1.65. The van der Waals surface area contributed by atoms with E-state index in [2.05, 4.69) is 0 Å². The van der Waals surface area contributed by atoms with Gasteiger partial charge in [0.25, 0.3) is 0 Å². The second-order valence-corrected chi connectivity index (χ2v) is 5.38. The van der Waals surface area contributed by atoms with Crippen molar-refractivity contribution in [2.45, 2.75) is 37.6 Å². The Morgan fingerprint density at radius 1 is 0.800 bits per heavy atom. The zero-order valence-electron chi connectivity index (χ0n) is 5.53. The quantitative estimate of drug-likeness (QED) is 0.532. The van der Waals surface area contributed by atoms with Gasteiger partial charge in [0.1, 0.15) is 0 Å². The van der Waals surface area contributed by atoms with Gasteiger partial charge in [0.2, 0.25) is 0 Å². The van der Waals surface area contributed by atoms with Crippen LogP contribution in [0, 0.1) is 0 Å². The van der Waals surface area contributed by atoms with Crippen molar-refractivity contribution in [3.63, 3.8) is 0 Å². The normalized spacial score (nSPS) is 57.6. The first-order valence-electron chi connectivity index (χ1n) is 3.70. The Bertz CT molecular complexity index is 105. The van der Waals surface area contributed by atoms with Crippen LogP contribution in [-0.4, -0.2) is 34.0 Å².